The summed E-state index contributed by atoms with van der Waals surface area (Å²) in [7, 11) is 0. The molecule has 0 unspecified atom stereocenters. The number of aromatic hydroxyl groups is 1. The summed E-state index contributed by atoms with van der Waals surface area (Å²) in [5.74, 6) is 0.864. The molecule has 0 fully saturated rings. The number of nitrogen functional groups attached to an aromatic ring is 1. The van der Waals surface area contributed by atoms with Crippen LogP contribution in [-0.4, -0.2) is 25.0 Å². The van der Waals surface area contributed by atoms with E-state index in [1.807, 2.05) is 36.4 Å². The molecule has 0 aliphatic heterocycles. The molecule has 6 heteroatoms. The summed E-state index contributed by atoms with van der Waals surface area (Å²) in [5.41, 5.74) is 9.27. The van der Waals surface area contributed by atoms with Gasteiger partial charge in [0.15, 0.2) is 11.6 Å². The fourth-order valence-electron chi connectivity index (χ4n) is 2.45. The molecule has 0 bridgehead atoms. The highest BCUT2D eigenvalue weighted by Crippen LogP contribution is 2.28. The zero-order valence-corrected chi connectivity index (χ0v) is 12.1. The number of phenols is 1. The number of nitrogens with two attached hydrogens (primary N) is 1. The van der Waals surface area contributed by atoms with E-state index in [2.05, 4.69) is 19.9 Å². The van der Waals surface area contributed by atoms with E-state index in [0.717, 1.165) is 5.56 Å². The zero-order chi connectivity index (χ0) is 15.8. The average Bonchev–Trinajstić information content (AvgIpc) is 3.01. The molecule has 2 aromatic heterocycles. The van der Waals surface area contributed by atoms with Gasteiger partial charge in [0, 0.05) is 5.56 Å². The van der Waals surface area contributed by atoms with E-state index >= 15 is 0 Å². The molecule has 2 aromatic carbocycles. The Labute approximate surface area is 131 Å². The van der Waals surface area contributed by atoms with Gasteiger partial charge in [-0.3, -0.25) is 0 Å². The summed E-state index contributed by atoms with van der Waals surface area (Å²) < 4.78 is 0. The van der Waals surface area contributed by atoms with Gasteiger partial charge in [0.25, 0.3) is 0 Å². The van der Waals surface area contributed by atoms with Crippen LogP contribution in [0.15, 0.2) is 54.7 Å². The number of fused-ring (bicyclic) bond motifs is 1. The van der Waals surface area contributed by atoms with Crippen LogP contribution in [0.1, 0.15) is 0 Å². The first-order valence-electron chi connectivity index (χ1n) is 7.08. The second-order valence-corrected chi connectivity index (χ2v) is 5.11. The standard InChI is InChI=1S/C17H13N5O/c18-16-15(17-21-11-7-4-8-13(23)14(11)22-17)20-12(9-19-16)10-5-2-1-3-6-10/h1-9,23H,(H2,18,19)(H,21,22). The van der Waals surface area contributed by atoms with Gasteiger partial charge in [-0.15, -0.1) is 0 Å². The Hall–Kier alpha value is -3.41. The maximum absolute atomic E-state index is 9.88. The smallest absolute Gasteiger partial charge is 0.161 e. The Morgan fingerprint density at radius 2 is 1.78 bits per heavy atom. The van der Waals surface area contributed by atoms with Gasteiger partial charge in [-0.25, -0.2) is 15.0 Å². The number of para-hydroxylation sites is 1. The van der Waals surface area contributed by atoms with Crippen LogP contribution < -0.4 is 5.73 Å². The van der Waals surface area contributed by atoms with Crippen LogP contribution in [0.2, 0.25) is 0 Å². The van der Waals surface area contributed by atoms with Crippen molar-refractivity contribution in [3.05, 3.63) is 54.7 Å². The number of hydrogen-bond acceptors (Lipinski definition) is 5. The molecular weight excluding hydrogens is 290 g/mol. The Balaban J connectivity index is 1.88. The maximum Gasteiger partial charge on any atom is 0.161 e. The molecule has 0 amide bonds. The number of benzene rings is 2. The summed E-state index contributed by atoms with van der Waals surface area (Å²) in [4.78, 5) is 16.3. The van der Waals surface area contributed by atoms with Crippen molar-refractivity contribution in [1.82, 2.24) is 19.9 Å². The number of nitrogens with zero attached hydrogens (tertiary/aromatic N) is 3. The number of nitrogens with one attached hydrogen (secondary N) is 1. The maximum atomic E-state index is 9.88. The van der Waals surface area contributed by atoms with Gasteiger partial charge in [0.05, 0.1) is 17.4 Å². The van der Waals surface area contributed by atoms with E-state index < -0.39 is 0 Å². The van der Waals surface area contributed by atoms with Crippen LogP contribution in [0.3, 0.4) is 0 Å². The number of aromatic amines is 1. The average molecular weight is 303 g/mol. The molecule has 0 spiro atoms. The van der Waals surface area contributed by atoms with Gasteiger partial charge in [0.2, 0.25) is 0 Å². The van der Waals surface area contributed by atoms with Crippen LogP contribution in [0.5, 0.6) is 5.75 Å². The van der Waals surface area contributed by atoms with Crippen LogP contribution >= 0.6 is 0 Å². The number of anilines is 1. The predicted octanol–water partition coefficient (Wildman–Crippen LogP) is 2.97. The molecule has 4 aromatic rings. The highest BCUT2D eigenvalue weighted by atomic mass is 16.3. The van der Waals surface area contributed by atoms with Crippen molar-refractivity contribution in [2.75, 3.05) is 5.73 Å². The van der Waals surface area contributed by atoms with Gasteiger partial charge >= 0.3 is 0 Å². The van der Waals surface area contributed by atoms with E-state index in [1.165, 1.54) is 0 Å². The molecule has 0 aliphatic carbocycles. The SMILES string of the molecule is Nc1ncc(-c2ccccc2)nc1-c1nc2c(O)cccc2[nH]1. The lowest BCUT2D eigenvalue weighted by Gasteiger charge is -2.05. The lowest BCUT2D eigenvalue weighted by molar-refractivity contribution is 0.480. The summed E-state index contributed by atoms with van der Waals surface area (Å²) in [6, 6.07) is 14.9. The quantitative estimate of drug-likeness (QED) is 0.528. The second kappa shape index (κ2) is 5.10. The molecule has 2 heterocycles. The minimum absolute atomic E-state index is 0.107. The fraction of sp³-hybridized carbons (Fsp3) is 0. The van der Waals surface area contributed by atoms with Crippen molar-refractivity contribution in [3.63, 3.8) is 0 Å². The summed E-state index contributed by atoms with van der Waals surface area (Å²) in [5, 5.41) is 9.88. The molecule has 0 saturated carbocycles. The zero-order valence-electron chi connectivity index (χ0n) is 12.1. The van der Waals surface area contributed by atoms with Gasteiger partial charge < -0.3 is 15.8 Å². The molecule has 23 heavy (non-hydrogen) atoms. The number of H-pyrrole nitrogens is 1. The van der Waals surface area contributed by atoms with Crippen molar-refractivity contribution in [1.29, 1.82) is 0 Å². The normalized spacial score (nSPS) is 11.0. The third kappa shape index (κ3) is 2.26. The molecular formula is C17H13N5O. The van der Waals surface area contributed by atoms with Crippen LogP contribution in [0.4, 0.5) is 5.82 Å². The van der Waals surface area contributed by atoms with Crippen molar-refractivity contribution < 1.29 is 5.11 Å². The highest BCUT2D eigenvalue weighted by molar-refractivity contribution is 5.85. The van der Waals surface area contributed by atoms with Gasteiger partial charge in [-0.05, 0) is 12.1 Å². The third-order valence-corrected chi connectivity index (χ3v) is 3.59. The molecule has 6 nitrogen and oxygen atoms in total. The summed E-state index contributed by atoms with van der Waals surface area (Å²) in [6.45, 7) is 0. The Kier molecular flexibility index (Phi) is 2.94. The molecule has 4 N–H and O–H groups in total. The van der Waals surface area contributed by atoms with E-state index in [9.17, 15) is 5.11 Å². The molecule has 0 saturated heterocycles. The molecule has 0 aliphatic rings. The molecule has 112 valence electrons. The topological polar surface area (TPSA) is 101 Å². The predicted molar refractivity (Wildman–Crippen MR) is 88.6 cm³/mol. The van der Waals surface area contributed by atoms with Crippen LogP contribution in [0.25, 0.3) is 33.8 Å². The van der Waals surface area contributed by atoms with Crippen molar-refractivity contribution in [2.24, 2.45) is 0 Å². The fourth-order valence-corrected chi connectivity index (χ4v) is 2.45. The lowest BCUT2D eigenvalue weighted by Crippen LogP contribution is -1.99. The number of aromatic nitrogens is 4. The minimum atomic E-state index is 0.107. The first-order valence-corrected chi connectivity index (χ1v) is 7.08. The first-order chi connectivity index (χ1) is 11.2. The highest BCUT2D eigenvalue weighted by Gasteiger charge is 2.14. The molecule has 0 radical (unpaired) electrons. The molecule has 4 rings (SSSR count). The second-order valence-electron chi connectivity index (χ2n) is 5.11. The number of rotatable bonds is 2. The van der Waals surface area contributed by atoms with Crippen molar-refractivity contribution in [2.45, 2.75) is 0 Å². The summed E-state index contributed by atoms with van der Waals surface area (Å²) >= 11 is 0. The van der Waals surface area contributed by atoms with Crippen molar-refractivity contribution >= 4 is 16.9 Å². The monoisotopic (exact) mass is 303 g/mol. The Bertz CT molecular complexity index is 994. The van der Waals surface area contributed by atoms with Gasteiger partial charge in [0.1, 0.15) is 17.0 Å². The largest absolute Gasteiger partial charge is 0.506 e. The van der Waals surface area contributed by atoms with E-state index in [-0.39, 0.29) is 11.6 Å². The lowest BCUT2D eigenvalue weighted by atomic mass is 10.1. The number of hydrogen-bond donors (Lipinski definition) is 3. The Morgan fingerprint density at radius 3 is 2.57 bits per heavy atom. The van der Waals surface area contributed by atoms with Gasteiger partial charge in [-0.2, -0.15) is 0 Å². The Morgan fingerprint density at radius 1 is 0.957 bits per heavy atom. The van der Waals surface area contributed by atoms with E-state index in [4.69, 9.17) is 5.73 Å². The van der Waals surface area contributed by atoms with E-state index in [0.29, 0.717) is 28.2 Å². The van der Waals surface area contributed by atoms with Gasteiger partial charge in [-0.1, -0.05) is 36.4 Å². The van der Waals surface area contributed by atoms with Crippen LogP contribution in [0, 0.1) is 0 Å². The minimum Gasteiger partial charge on any atom is -0.506 e. The van der Waals surface area contributed by atoms with E-state index in [1.54, 1.807) is 18.3 Å². The van der Waals surface area contributed by atoms with Crippen LogP contribution in [-0.2, 0) is 0 Å². The summed E-state index contributed by atoms with van der Waals surface area (Å²) in [6.07, 6.45) is 1.63. The number of imidazole rings is 1. The van der Waals surface area contributed by atoms with Crippen molar-refractivity contribution in [3.8, 4) is 28.5 Å². The third-order valence-electron chi connectivity index (χ3n) is 3.59. The first kappa shape index (κ1) is 13.3. The molecule has 0 atom stereocenters. The number of phenolic OH excluding ortho intramolecular Hbond substituents is 1.